The number of nitrogens with one attached hydrogen (secondary N) is 1. The highest BCUT2D eigenvalue weighted by atomic mass is 16.6. The lowest BCUT2D eigenvalue weighted by Gasteiger charge is -2.37. The minimum atomic E-state index is -0.934. The highest BCUT2D eigenvalue weighted by Gasteiger charge is 2.40. The highest BCUT2D eigenvalue weighted by Crippen LogP contribution is 2.33. The molecule has 1 saturated heterocycles. The number of hydrogen-bond acceptors (Lipinski definition) is 7. The molecule has 39 heavy (non-hydrogen) atoms. The fourth-order valence-electron chi connectivity index (χ4n) is 5.58. The average Bonchev–Trinajstić information content (AvgIpc) is 3.50. The number of rotatable bonds is 8. The van der Waals surface area contributed by atoms with Crippen molar-refractivity contribution in [2.24, 2.45) is 0 Å². The number of hydrogen-bond donors (Lipinski definition) is 1. The van der Waals surface area contributed by atoms with Gasteiger partial charge in [0.25, 0.3) is 5.91 Å². The standard InChI is InChI=1S/C30H36N2O7/c1-36-30(35)21-15-13-20(14-16-21)27(28(33)31-22-8-3-2-4-9-22)32(18-23-10-7-17-37-23)29(34)26-19-38-24-11-5-6-12-25(24)39-26/h5-6,11-16,22-23,26-27H,2-4,7-10,17-19H2,1H3,(H,31,33)/t23-,26-,27-/m1/s1. The predicted molar refractivity (Wildman–Crippen MR) is 143 cm³/mol. The summed E-state index contributed by atoms with van der Waals surface area (Å²) >= 11 is 0. The van der Waals surface area contributed by atoms with Crippen LogP contribution in [0.3, 0.4) is 0 Å². The Morgan fingerprint density at radius 1 is 0.974 bits per heavy atom. The van der Waals surface area contributed by atoms with Crippen molar-refractivity contribution in [1.82, 2.24) is 10.2 Å². The van der Waals surface area contributed by atoms with E-state index in [0.29, 0.717) is 29.2 Å². The van der Waals surface area contributed by atoms with Crippen molar-refractivity contribution >= 4 is 17.8 Å². The van der Waals surface area contributed by atoms with E-state index in [1.165, 1.54) is 7.11 Å². The number of para-hydroxylation sites is 2. The molecule has 9 heteroatoms. The maximum absolute atomic E-state index is 14.1. The van der Waals surface area contributed by atoms with Crippen molar-refractivity contribution in [3.8, 4) is 11.5 Å². The van der Waals surface area contributed by atoms with Crippen molar-refractivity contribution in [3.63, 3.8) is 0 Å². The zero-order valence-electron chi connectivity index (χ0n) is 22.3. The lowest BCUT2D eigenvalue weighted by molar-refractivity contribution is -0.150. The van der Waals surface area contributed by atoms with E-state index in [2.05, 4.69) is 5.32 Å². The summed E-state index contributed by atoms with van der Waals surface area (Å²) in [4.78, 5) is 41.7. The predicted octanol–water partition coefficient (Wildman–Crippen LogP) is 3.81. The first-order valence-corrected chi connectivity index (χ1v) is 13.8. The minimum Gasteiger partial charge on any atom is -0.485 e. The molecular formula is C30H36N2O7. The van der Waals surface area contributed by atoms with Crippen LogP contribution in [0.15, 0.2) is 48.5 Å². The SMILES string of the molecule is COC(=O)c1ccc([C@H](C(=O)NC2CCCCC2)N(C[C@H]2CCCO2)C(=O)[C@H]2COc3ccccc3O2)cc1. The molecule has 2 aromatic carbocycles. The maximum atomic E-state index is 14.1. The van der Waals surface area contributed by atoms with Gasteiger partial charge in [-0.25, -0.2) is 4.79 Å². The molecule has 0 radical (unpaired) electrons. The van der Waals surface area contributed by atoms with E-state index in [1.54, 1.807) is 41.3 Å². The lowest BCUT2D eigenvalue weighted by atomic mass is 9.94. The monoisotopic (exact) mass is 536 g/mol. The summed E-state index contributed by atoms with van der Waals surface area (Å²) < 4.78 is 22.7. The molecule has 2 aromatic rings. The molecule has 0 bridgehead atoms. The van der Waals surface area contributed by atoms with E-state index >= 15 is 0 Å². The molecule has 0 unspecified atom stereocenters. The van der Waals surface area contributed by atoms with E-state index in [1.807, 2.05) is 12.1 Å². The van der Waals surface area contributed by atoms with Gasteiger partial charge in [-0.05, 0) is 55.5 Å². The van der Waals surface area contributed by atoms with Crippen molar-refractivity contribution in [2.75, 3.05) is 26.9 Å². The minimum absolute atomic E-state index is 0.0378. The summed E-state index contributed by atoms with van der Waals surface area (Å²) in [7, 11) is 1.32. The fraction of sp³-hybridized carbons (Fsp3) is 0.500. The zero-order valence-corrected chi connectivity index (χ0v) is 22.3. The van der Waals surface area contributed by atoms with E-state index < -0.39 is 18.1 Å². The van der Waals surface area contributed by atoms with Crippen molar-refractivity contribution in [2.45, 2.75) is 69.2 Å². The number of carbonyl (C=O) groups excluding carboxylic acids is 3. The molecule has 2 aliphatic heterocycles. The van der Waals surface area contributed by atoms with Crippen LogP contribution in [0.25, 0.3) is 0 Å². The Morgan fingerprint density at radius 3 is 2.41 bits per heavy atom. The molecule has 1 saturated carbocycles. The van der Waals surface area contributed by atoms with Crippen molar-refractivity contribution < 1.29 is 33.3 Å². The van der Waals surface area contributed by atoms with Crippen LogP contribution < -0.4 is 14.8 Å². The third kappa shape index (κ3) is 6.36. The first-order valence-electron chi connectivity index (χ1n) is 13.8. The number of amides is 2. The van der Waals surface area contributed by atoms with Crippen LogP contribution in [0.5, 0.6) is 11.5 Å². The van der Waals surface area contributed by atoms with Gasteiger partial charge in [-0.3, -0.25) is 9.59 Å². The molecule has 5 rings (SSSR count). The third-order valence-electron chi connectivity index (χ3n) is 7.65. The lowest BCUT2D eigenvalue weighted by Crippen LogP contribution is -2.54. The number of esters is 1. The number of ether oxygens (including phenoxy) is 4. The number of benzene rings is 2. The van der Waals surface area contributed by atoms with Gasteiger partial charge < -0.3 is 29.2 Å². The molecule has 3 aliphatic rings. The Bertz CT molecular complexity index is 1160. The Balaban J connectivity index is 1.47. The van der Waals surface area contributed by atoms with Crippen LogP contribution in [-0.2, 0) is 19.1 Å². The molecule has 3 atom stereocenters. The Morgan fingerprint density at radius 2 is 1.72 bits per heavy atom. The zero-order chi connectivity index (χ0) is 27.2. The van der Waals surface area contributed by atoms with Gasteiger partial charge in [-0.2, -0.15) is 0 Å². The van der Waals surface area contributed by atoms with E-state index in [-0.39, 0.29) is 37.1 Å². The van der Waals surface area contributed by atoms with E-state index in [0.717, 1.165) is 44.9 Å². The van der Waals surface area contributed by atoms with E-state index in [9.17, 15) is 14.4 Å². The Labute approximate surface area is 228 Å². The third-order valence-corrected chi connectivity index (χ3v) is 7.65. The van der Waals surface area contributed by atoms with Gasteiger partial charge in [0.15, 0.2) is 11.5 Å². The summed E-state index contributed by atoms with van der Waals surface area (Å²) in [6, 6.07) is 13.0. The van der Waals surface area contributed by atoms with Gasteiger partial charge in [-0.15, -0.1) is 0 Å². The van der Waals surface area contributed by atoms with Gasteiger partial charge in [0, 0.05) is 19.2 Å². The maximum Gasteiger partial charge on any atom is 0.337 e. The molecule has 208 valence electrons. The number of fused-ring (bicyclic) bond motifs is 1. The highest BCUT2D eigenvalue weighted by molar-refractivity contribution is 5.92. The van der Waals surface area contributed by atoms with Crippen molar-refractivity contribution in [3.05, 3.63) is 59.7 Å². The average molecular weight is 537 g/mol. The molecule has 1 N–H and O–H groups in total. The largest absolute Gasteiger partial charge is 0.485 e. The summed E-state index contributed by atoms with van der Waals surface area (Å²) in [6.45, 7) is 0.897. The second kappa shape index (κ2) is 12.5. The van der Waals surface area contributed by atoms with Crippen LogP contribution in [-0.4, -0.2) is 67.8 Å². The van der Waals surface area contributed by atoms with Gasteiger partial charge in [0.2, 0.25) is 12.0 Å². The molecule has 2 fully saturated rings. The molecule has 2 amide bonds. The molecule has 1 aliphatic carbocycles. The number of nitrogens with zero attached hydrogens (tertiary/aromatic N) is 1. The Hall–Kier alpha value is -3.59. The van der Waals surface area contributed by atoms with Crippen molar-refractivity contribution in [1.29, 1.82) is 0 Å². The summed E-state index contributed by atoms with van der Waals surface area (Å²) in [5.41, 5.74) is 0.963. The van der Waals surface area contributed by atoms with E-state index in [4.69, 9.17) is 18.9 Å². The smallest absolute Gasteiger partial charge is 0.337 e. The van der Waals surface area contributed by atoms with Gasteiger partial charge in [-0.1, -0.05) is 43.5 Å². The second-order valence-corrected chi connectivity index (χ2v) is 10.3. The first kappa shape index (κ1) is 27.0. The van der Waals surface area contributed by atoms with Gasteiger partial charge in [0.1, 0.15) is 12.6 Å². The summed E-state index contributed by atoms with van der Waals surface area (Å²) in [5.74, 6) is 0.00233. The number of methoxy groups -OCH3 is 1. The molecule has 0 aromatic heterocycles. The normalized spacial score (nSPS) is 21.6. The van der Waals surface area contributed by atoms with Gasteiger partial charge in [0.05, 0.1) is 18.8 Å². The van der Waals surface area contributed by atoms with Gasteiger partial charge >= 0.3 is 5.97 Å². The van der Waals surface area contributed by atoms with Crippen LogP contribution >= 0.6 is 0 Å². The molecule has 0 spiro atoms. The summed E-state index contributed by atoms with van der Waals surface area (Å²) in [6.07, 6.45) is 5.71. The molecule has 2 heterocycles. The van der Waals surface area contributed by atoms with Crippen LogP contribution in [0.2, 0.25) is 0 Å². The molecule has 9 nitrogen and oxygen atoms in total. The topological polar surface area (TPSA) is 103 Å². The van der Waals surface area contributed by atoms with Crippen LogP contribution in [0.4, 0.5) is 0 Å². The second-order valence-electron chi connectivity index (χ2n) is 10.3. The number of carbonyl (C=O) groups is 3. The summed E-state index contributed by atoms with van der Waals surface area (Å²) in [5, 5.41) is 3.21. The Kier molecular flexibility index (Phi) is 8.66. The first-order chi connectivity index (χ1) is 19.0. The van der Waals surface area contributed by atoms with Crippen LogP contribution in [0, 0.1) is 0 Å². The fourth-order valence-corrected chi connectivity index (χ4v) is 5.58. The van der Waals surface area contributed by atoms with Crippen LogP contribution in [0.1, 0.15) is 66.9 Å². The quantitative estimate of drug-likeness (QED) is 0.512. The molecular weight excluding hydrogens is 500 g/mol.